The van der Waals surface area contributed by atoms with E-state index in [9.17, 15) is 0 Å². The summed E-state index contributed by atoms with van der Waals surface area (Å²) in [5.41, 5.74) is 0.938. The molecule has 1 rings (SSSR count). The summed E-state index contributed by atoms with van der Waals surface area (Å²) in [6.45, 7) is 1.77. The highest BCUT2D eigenvalue weighted by Crippen LogP contribution is 1.98. The van der Waals surface area contributed by atoms with Crippen LogP contribution in [0.4, 0.5) is 0 Å². The molecule has 0 radical (unpaired) electrons. The Bertz CT molecular complexity index is 199. The van der Waals surface area contributed by atoms with E-state index in [1.807, 2.05) is 0 Å². The highest BCUT2D eigenvalue weighted by Gasteiger charge is 1.97. The lowest BCUT2D eigenvalue weighted by molar-refractivity contribution is 0.184. The predicted molar refractivity (Wildman–Crippen MR) is 42.0 cm³/mol. The first kappa shape index (κ1) is 8.14. The Morgan fingerprint density at radius 2 is 2.36 bits per heavy atom. The summed E-state index contributed by atoms with van der Waals surface area (Å²) in [5, 5.41) is 8.97. The molecule has 0 unspecified atom stereocenters. The number of aliphatic hydroxyl groups is 1. The maximum absolute atomic E-state index is 8.97. The van der Waals surface area contributed by atoms with Crippen LogP contribution in [-0.2, 0) is 6.42 Å². The van der Waals surface area contributed by atoms with Gasteiger partial charge < -0.3 is 5.11 Å². The summed E-state index contributed by atoms with van der Waals surface area (Å²) < 4.78 is 0. The van der Waals surface area contributed by atoms with Crippen LogP contribution in [0.2, 0.25) is 0 Å². The smallest absolute Gasteiger partial charge is 0.0587 e. The zero-order valence-corrected chi connectivity index (χ0v) is 6.57. The molecule has 0 amide bonds. The van der Waals surface area contributed by atoms with Gasteiger partial charge in [0, 0.05) is 18.6 Å². The van der Waals surface area contributed by atoms with Gasteiger partial charge in [-0.05, 0) is 19.8 Å². The normalized spacial score (nSPS) is 12.9. The van der Waals surface area contributed by atoms with E-state index in [0.29, 0.717) is 0 Å². The van der Waals surface area contributed by atoms with E-state index in [1.54, 1.807) is 25.5 Å². The lowest BCUT2D eigenvalue weighted by atomic mass is 10.2. The molecule has 1 atom stereocenters. The van der Waals surface area contributed by atoms with Crippen LogP contribution < -0.4 is 0 Å². The summed E-state index contributed by atoms with van der Waals surface area (Å²) in [6.07, 6.45) is 6.33. The topological polar surface area (TPSA) is 46.0 Å². The van der Waals surface area contributed by atoms with Crippen LogP contribution in [0.5, 0.6) is 0 Å². The van der Waals surface area contributed by atoms with Crippen molar-refractivity contribution in [3.63, 3.8) is 0 Å². The lowest BCUT2D eigenvalue weighted by Crippen LogP contribution is -2.02. The second-order valence-corrected chi connectivity index (χ2v) is 2.58. The number of aliphatic hydroxyl groups excluding tert-OH is 1. The third-order valence-corrected chi connectivity index (χ3v) is 1.43. The first-order valence-electron chi connectivity index (χ1n) is 3.72. The van der Waals surface area contributed by atoms with E-state index >= 15 is 0 Å². The Hall–Kier alpha value is -0.960. The quantitative estimate of drug-likeness (QED) is 0.696. The van der Waals surface area contributed by atoms with Crippen LogP contribution in [0, 0.1) is 0 Å². The fourth-order valence-corrected chi connectivity index (χ4v) is 0.816. The minimum absolute atomic E-state index is 0.253. The van der Waals surface area contributed by atoms with Gasteiger partial charge in [-0.25, -0.2) is 0 Å². The molecule has 1 aromatic rings. The fourth-order valence-electron chi connectivity index (χ4n) is 0.816. The number of rotatable bonds is 3. The van der Waals surface area contributed by atoms with Crippen molar-refractivity contribution in [2.45, 2.75) is 25.9 Å². The summed E-state index contributed by atoms with van der Waals surface area (Å²) in [5.74, 6) is 0. The molecular weight excluding hydrogens is 140 g/mol. The summed E-state index contributed by atoms with van der Waals surface area (Å²) >= 11 is 0. The van der Waals surface area contributed by atoms with Crippen molar-refractivity contribution in [1.82, 2.24) is 9.97 Å². The number of hydrogen-bond donors (Lipinski definition) is 1. The molecule has 11 heavy (non-hydrogen) atoms. The lowest BCUT2D eigenvalue weighted by Gasteiger charge is -2.01. The Morgan fingerprint density at radius 3 is 2.91 bits per heavy atom. The van der Waals surface area contributed by atoms with E-state index in [0.717, 1.165) is 18.5 Å². The zero-order valence-electron chi connectivity index (χ0n) is 6.57. The standard InChI is InChI=1S/C8H12N2O/c1-7(11)2-3-8-6-9-4-5-10-8/h4-7,11H,2-3H2,1H3/t7-/m1/s1. The van der Waals surface area contributed by atoms with Crippen LogP contribution >= 0.6 is 0 Å². The average molecular weight is 152 g/mol. The van der Waals surface area contributed by atoms with Gasteiger partial charge in [-0.3, -0.25) is 9.97 Å². The number of hydrogen-bond acceptors (Lipinski definition) is 3. The van der Waals surface area contributed by atoms with E-state index in [-0.39, 0.29) is 6.10 Å². The van der Waals surface area contributed by atoms with Crippen molar-refractivity contribution in [2.24, 2.45) is 0 Å². The molecule has 1 N–H and O–H groups in total. The van der Waals surface area contributed by atoms with Gasteiger partial charge in [0.05, 0.1) is 11.8 Å². The molecule has 0 aliphatic rings. The SMILES string of the molecule is C[C@@H](O)CCc1cnccn1. The molecule has 0 aliphatic heterocycles. The third-order valence-electron chi connectivity index (χ3n) is 1.43. The summed E-state index contributed by atoms with van der Waals surface area (Å²) in [4.78, 5) is 8.00. The van der Waals surface area contributed by atoms with Gasteiger partial charge >= 0.3 is 0 Å². The maximum Gasteiger partial charge on any atom is 0.0587 e. The summed E-state index contributed by atoms with van der Waals surface area (Å²) in [7, 11) is 0. The van der Waals surface area contributed by atoms with Gasteiger partial charge in [0.1, 0.15) is 0 Å². The van der Waals surface area contributed by atoms with Gasteiger partial charge in [0.2, 0.25) is 0 Å². The van der Waals surface area contributed by atoms with Gasteiger partial charge in [0.25, 0.3) is 0 Å². The predicted octanol–water partition coefficient (Wildman–Crippen LogP) is 0.790. The van der Waals surface area contributed by atoms with Gasteiger partial charge in [-0.15, -0.1) is 0 Å². The first-order chi connectivity index (χ1) is 5.29. The van der Waals surface area contributed by atoms with Gasteiger partial charge in [-0.1, -0.05) is 0 Å². The second-order valence-electron chi connectivity index (χ2n) is 2.58. The molecule has 0 saturated heterocycles. The number of aryl methyl sites for hydroxylation is 1. The van der Waals surface area contributed by atoms with E-state index in [1.165, 1.54) is 0 Å². The first-order valence-corrected chi connectivity index (χ1v) is 3.72. The summed E-state index contributed by atoms with van der Waals surface area (Å²) in [6, 6.07) is 0. The Balaban J connectivity index is 2.39. The van der Waals surface area contributed by atoms with Crippen molar-refractivity contribution in [3.05, 3.63) is 24.3 Å². The van der Waals surface area contributed by atoms with Crippen LogP contribution in [0.1, 0.15) is 19.0 Å². The molecule has 60 valence electrons. The van der Waals surface area contributed by atoms with Gasteiger partial charge in [0.15, 0.2) is 0 Å². The van der Waals surface area contributed by atoms with Crippen molar-refractivity contribution in [2.75, 3.05) is 0 Å². The molecule has 0 saturated carbocycles. The molecule has 3 nitrogen and oxygen atoms in total. The molecule has 0 aromatic carbocycles. The molecule has 0 aliphatic carbocycles. The van der Waals surface area contributed by atoms with Crippen LogP contribution in [0.3, 0.4) is 0 Å². The van der Waals surface area contributed by atoms with Crippen LogP contribution in [-0.4, -0.2) is 21.2 Å². The molecule has 0 fully saturated rings. The van der Waals surface area contributed by atoms with Crippen molar-refractivity contribution in [1.29, 1.82) is 0 Å². The van der Waals surface area contributed by atoms with Crippen LogP contribution in [0.25, 0.3) is 0 Å². The fraction of sp³-hybridized carbons (Fsp3) is 0.500. The third kappa shape index (κ3) is 3.09. The Morgan fingerprint density at radius 1 is 1.55 bits per heavy atom. The zero-order chi connectivity index (χ0) is 8.10. The minimum Gasteiger partial charge on any atom is -0.393 e. The number of nitrogens with zero attached hydrogens (tertiary/aromatic N) is 2. The minimum atomic E-state index is -0.253. The van der Waals surface area contributed by atoms with Gasteiger partial charge in [-0.2, -0.15) is 0 Å². The second kappa shape index (κ2) is 4.03. The van der Waals surface area contributed by atoms with Crippen molar-refractivity contribution in [3.8, 4) is 0 Å². The molecule has 1 heterocycles. The van der Waals surface area contributed by atoms with E-state index < -0.39 is 0 Å². The highest BCUT2D eigenvalue weighted by atomic mass is 16.3. The maximum atomic E-state index is 8.97. The molecular formula is C8H12N2O. The van der Waals surface area contributed by atoms with Crippen molar-refractivity contribution < 1.29 is 5.11 Å². The monoisotopic (exact) mass is 152 g/mol. The highest BCUT2D eigenvalue weighted by molar-refractivity contribution is 4.94. The van der Waals surface area contributed by atoms with E-state index in [2.05, 4.69) is 9.97 Å². The average Bonchev–Trinajstić information content (AvgIpc) is 2.03. The van der Waals surface area contributed by atoms with Crippen molar-refractivity contribution >= 4 is 0 Å². The molecule has 1 aromatic heterocycles. The largest absolute Gasteiger partial charge is 0.393 e. The van der Waals surface area contributed by atoms with Crippen LogP contribution in [0.15, 0.2) is 18.6 Å². The molecule has 0 bridgehead atoms. The number of aromatic nitrogens is 2. The van der Waals surface area contributed by atoms with E-state index in [4.69, 9.17) is 5.11 Å². The molecule has 3 heteroatoms. The molecule has 0 spiro atoms. The Labute approximate surface area is 66.1 Å². The Kier molecular flexibility index (Phi) is 2.98.